The molecule has 0 saturated heterocycles. The number of rotatable bonds is 5. The van der Waals surface area contributed by atoms with Crippen molar-refractivity contribution in [1.82, 2.24) is 20.2 Å². The van der Waals surface area contributed by atoms with Crippen LogP contribution in [-0.2, 0) is 24.1 Å². The summed E-state index contributed by atoms with van der Waals surface area (Å²) in [6.45, 7) is 0. The molecule has 0 saturated carbocycles. The van der Waals surface area contributed by atoms with Crippen LogP contribution in [0.4, 0.5) is 5.95 Å². The Morgan fingerprint density at radius 2 is 1.83 bits per heavy atom. The second-order valence-electron chi connectivity index (χ2n) is 5.69. The fraction of sp³-hybridized carbons (Fsp3) is 0.235. The highest BCUT2D eigenvalue weighted by Gasteiger charge is 2.21. The number of carbonyl (C=O) groups excluding carboxylic acids is 1. The number of anilines is 1. The molecule has 0 spiro atoms. The molecule has 0 aliphatic heterocycles. The molecular formula is C17H15N5O2. The number of aromatic nitrogens is 4. The lowest BCUT2D eigenvalue weighted by Crippen LogP contribution is -2.20. The summed E-state index contributed by atoms with van der Waals surface area (Å²) in [6.07, 6.45) is 6.04. The molecule has 7 nitrogen and oxygen atoms in total. The summed E-state index contributed by atoms with van der Waals surface area (Å²) in [6, 6.07) is 8.75. The van der Waals surface area contributed by atoms with Gasteiger partial charge >= 0.3 is 0 Å². The van der Waals surface area contributed by atoms with Crippen molar-refractivity contribution < 1.29 is 9.21 Å². The van der Waals surface area contributed by atoms with Gasteiger partial charge in [0.1, 0.15) is 6.29 Å². The van der Waals surface area contributed by atoms with Crippen LogP contribution in [0.5, 0.6) is 0 Å². The van der Waals surface area contributed by atoms with Crippen LogP contribution >= 0.6 is 0 Å². The zero-order chi connectivity index (χ0) is 16.4. The molecule has 0 radical (unpaired) electrons. The van der Waals surface area contributed by atoms with E-state index in [1.54, 1.807) is 12.4 Å². The van der Waals surface area contributed by atoms with E-state index in [9.17, 15) is 4.79 Å². The lowest BCUT2D eigenvalue weighted by Gasteiger charge is -2.11. The summed E-state index contributed by atoms with van der Waals surface area (Å²) in [5, 5.41) is 11.0. The maximum atomic E-state index is 10.5. The molecule has 120 valence electrons. The van der Waals surface area contributed by atoms with Gasteiger partial charge in [0.25, 0.3) is 5.89 Å². The van der Waals surface area contributed by atoms with E-state index < -0.39 is 0 Å². The Morgan fingerprint density at radius 1 is 1.12 bits per heavy atom. The lowest BCUT2D eigenvalue weighted by atomic mass is 10.1. The van der Waals surface area contributed by atoms with Gasteiger partial charge in [-0.1, -0.05) is 24.3 Å². The van der Waals surface area contributed by atoms with E-state index in [4.69, 9.17) is 4.42 Å². The minimum absolute atomic E-state index is 0.107. The molecule has 1 aliphatic carbocycles. The van der Waals surface area contributed by atoms with E-state index in [1.807, 2.05) is 0 Å². The maximum absolute atomic E-state index is 10.5. The number of nitrogens with zero attached hydrogens (tertiary/aromatic N) is 4. The second kappa shape index (κ2) is 6.19. The Bertz CT molecular complexity index is 834. The fourth-order valence-electron chi connectivity index (χ4n) is 2.88. The first-order valence-corrected chi connectivity index (χ1v) is 7.73. The van der Waals surface area contributed by atoms with Gasteiger partial charge in [0.15, 0.2) is 0 Å². The predicted octanol–water partition coefficient (Wildman–Crippen LogP) is 1.85. The number of nitrogens with one attached hydrogen (secondary N) is 1. The van der Waals surface area contributed by atoms with Crippen LogP contribution in [0.3, 0.4) is 0 Å². The first kappa shape index (κ1) is 14.5. The number of aldehydes is 1. The van der Waals surface area contributed by atoms with Crippen LogP contribution in [0.2, 0.25) is 0 Å². The number of hydrogen-bond donors (Lipinski definition) is 1. The minimum atomic E-state index is 0.107. The smallest absolute Gasteiger partial charge is 0.250 e. The molecule has 1 aromatic carbocycles. The zero-order valence-corrected chi connectivity index (χ0v) is 12.8. The Balaban J connectivity index is 1.44. The molecule has 2 aromatic heterocycles. The maximum Gasteiger partial charge on any atom is 0.250 e. The molecular weight excluding hydrogens is 306 g/mol. The van der Waals surface area contributed by atoms with Crippen LogP contribution in [0, 0.1) is 0 Å². The van der Waals surface area contributed by atoms with Gasteiger partial charge < -0.3 is 14.5 Å². The highest BCUT2D eigenvalue weighted by Crippen LogP contribution is 2.24. The largest absolute Gasteiger partial charge is 0.420 e. The molecule has 24 heavy (non-hydrogen) atoms. The standard InChI is InChI=1S/C17H15N5O2/c23-6-5-15-21-22-16(24-15)13-9-18-17(19-10-13)20-14-7-11-3-1-2-4-12(11)8-14/h1-4,6,9-10,14H,5,7-8H2,(H,18,19,20). The van der Waals surface area contributed by atoms with Gasteiger partial charge in [-0.25, -0.2) is 9.97 Å². The summed E-state index contributed by atoms with van der Waals surface area (Å²) < 4.78 is 5.37. The highest BCUT2D eigenvalue weighted by atomic mass is 16.4. The monoisotopic (exact) mass is 321 g/mol. The highest BCUT2D eigenvalue weighted by molar-refractivity contribution is 5.54. The van der Waals surface area contributed by atoms with Gasteiger partial charge in [-0.3, -0.25) is 0 Å². The molecule has 1 N–H and O–H groups in total. The summed E-state index contributed by atoms with van der Waals surface area (Å²) >= 11 is 0. The van der Waals surface area contributed by atoms with Crippen molar-refractivity contribution in [3.63, 3.8) is 0 Å². The quantitative estimate of drug-likeness (QED) is 0.717. The van der Waals surface area contributed by atoms with Crippen molar-refractivity contribution in [2.45, 2.75) is 25.3 Å². The van der Waals surface area contributed by atoms with E-state index in [2.05, 4.69) is 49.7 Å². The van der Waals surface area contributed by atoms with Gasteiger partial charge in [0.05, 0.1) is 12.0 Å². The number of carbonyl (C=O) groups is 1. The Morgan fingerprint density at radius 3 is 2.50 bits per heavy atom. The number of fused-ring (bicyclic) bond motifs is 1. The first-order valence-electron chi connectivity index (χ1n) is 7.73. The van der Waals surface area contributed by atoms with Gasteiger partial charge in [0.2, 0.25) is 11.8 Å². The topological polar surface area (TPSA) is 93.8 Å². The average molecular weight is 321 g/mol. The van der Waals surface area contributed by atoms with Crippen LogP contribution in [0.1, 0.15) is 17.0 Å². The molecule has 0 bridgehead atoms. The number of benzene rings is 1. The SMILES string of the molecule is O=CCc1nnc(-c2cnc(NC3Cc4ccccc4C3)nc2)o1. The molecule has 7 heteroatoms. The number of hydrogen-bond acceptors (Lipinski definition) is 7. The Kier molecular flexibility index (Phi) is 3.74. The van der Waals surface area contributed by atoms with Gasteiger partial charge in [-0.15, -0.1) is 10.2 Å². The molecule has 4 rings (SSSR count). The summed E-state index contributed by atoms with van der Waals surface area (Å²) in [7, 11) is 0. The van der Waals surface area contributed by atoms with E-state index in [-0.39, 0.29) is 12.3 Å². The molecule has 3 aromatic rings. The summed E-state index contributed by atoms with van der Waals surface area (Å²) in [4.78, 5) is 19.1. The Hall–Kier alpha value is -3.09. The lowest BCUT2D eigenvalue weighted by molar-refractivity contribution is -0.107. The van der Waals surface area contributed by atoms with Crippen molar-refractivity contribution >= 4 is 12.2 Å². The normalized spacial score (nSPS) is 13.7. The zero-order valence-electron chi connectivity index (χ0n) is 12.8. The van der Waals surface area contributed by atoms with Crippen molar-refractivity contribution in [3.8, 4) is 11.5 Å². The van der Waals surface area contributed by atoms with Crippen molar-refractivity contribution in [2.24, 2.45) is 0 Å². The van der Waals surface area contributed by atoms with Gasteiger partial charge in [-0.05, 0) is 24.0 Å². The second-order valence-corrected chi connectivity index (χ2v) is 5.69. The third-order valence-corrected chi connectivity index (χ3v) is 4.01. The van der Waals surface area contributed by atoms with E-state index in [0.717, 1.165) is 19.1 Å². The van der Waals surface area contributed by atoms with Crippen molar-refractivity contribution in [3.05, 3.63) is 53.7 Å². The third kappa shape index (κ3) is 2.88. The molecule has 2 heterocycles. The van der Waals surface area contributed by atoms with Gasteiger partial charge in [0, 0.05) is 18.4 Å². The van der Waals surface area contributed by atoms with E-state index in [0.29, 0.717) is 23.4 Å². The average Bonchev–Trinajstić information content (AvgIpc) is 3.22. The Labute approximate surface area is 138 Å². The first-order chi connectivity index (χ1) is 11.8. The van der Waals surface area contributed by atoms with Crippen molar-refractivity contribution in [2.75, 3.05) is 5.32 Å². The van der Waals surface area contributed by atoms with E-state index in [1.165, 1.54) is 11.1 Å². The van der Waals surface area contributed by atoms with Crippen molar-refractivity contribution in [1.29, 1.82) is 0 Å². The molecule has 0 atom stereocenters. The van der Waals surface area contributed by atoms with Crippen LogP contribution in [-0.4, -0.2) is 32.5 Å². The summed E-state index contributed by atoms with van der Waals surface area (Å²) in [5.41, 5.74) is 3.38. The fourth-order valence-corrected chi connectivity index (χ4v) is 2.88. The third-order valence-electron chi connectivity index (χ3n) is 4.01. The molecule has 0 fully saturated rings. The molecule has 0 unspecified atom stereocenters. The molecule has 1 aliphatic rings. The van der Waals surface area contributed by atoms with Crippen LogP contribution in [0.15, 0.2) is 41.1 Å². The van der Waals surface area contributed by atoms with Gasteiger partial charge in [-0.2, -0.15) is 0 Å². The predicted molar refractivity (Wildman–Crippen MR) is 86.4 cm³/mol. The van der Waals surface area contributed by atoms with Crippen LogP contribution in [0.25, 0.3) is 11.5 Å². The van der Waals surface area contributed by atoms with Crippen LogP contribution < -0.4 is 5.32 Å². The molecule has 0 amide bonds. The summed E-state index contributed by atoms with van der Waals surface area (Å²) in [5.74, 6) is 1.17. The minimum Gasteiger partial charge on any atom is -0.420 e. The van der Waals surface area contributed by atoms with E-state index >= 15 is 0 Å².